The Morgan fingerprint density at radius 2 is 2.29 bits per heavy atom. The van der Waals surface area contributed by atoms with Crippen molar-refractivity contribution in [3.05, 3.63) is 42.1 Å². The maximum atomic E-state index is 7.52. The molecule has 112 valence electrons. The van der Waals surface area contributed by atoms with Gasteiger partial charge in [-0.1, -0.05) is 19.8 Å². The van der Waals surface area contributed by atoms with Gasteiger partial charge in [-0.2, -0.15) is 0 Å². The maximum absolute atomic E-state index is 7.52. The van der Waals surface area contributed by atoms with E-state index in [2.05, 4.69) is 22.5 Å². The first-order valence-corrected chi connectivity index (χ1v) is 7.40. The number of nitrogens with zero attached hydrogens (tertiary/aromatic N) is 2. The SMILES string of the molecule is CCCCCN/C=C(\C=N)Nc1cccn2c(C)cnc12. The lowest BCUT2D eigenvalue weighted by atomic mass is 10.2. The molecule has 21 heavy (non-hydrogen) atoms. The van der Waals surface area contributed by atoms with E-state index in [9.17, 15) is 0 Å². The molecule has 5 heteroatoms. The molecule has 2 aromatic heterocycles. The Labute approximate surface area is 125 Å². The van der Waals surface area contributed by atoms with Crippen molar-refractivity contribution < 1.29 is 0 Å². The predicted octanol–water partition coefficient (Wildman–Crippen LogP) is 3.33. The van der Waals surface area contributed by atoms with Crippen LogP contribution in [0.1, 0.15) is 31.9 Å². The first-order chi connectivity index (χ1) is 10.3. The van der Waals surface area contributed by atoms with Gasteiger partial charge in [-0.25, -0.2) is 4.98 Å². The highest BCUT2D eigenvalue weighted by atomic mass is 15.0. The largest absolute Gasteiger partial charge is 0.389 e. The van der Waals surface area contributed by atoms with Crippen LogP contribution in [0.2, 0.25) is 0 Å². The van der Waals surface area contributed by atoms with Crippen molar-refractivity contribution in [3.8, 4) is 0 Å². The number of unbranched alkanes of at least 4 members (excludes halogenated alkanes) is 2. The monoisotopic (exact) mass is 285 g/mol. The fourth-order valence-electron chi connectivity index (χ4n) is 2.16. The summed E-state index contributed by atoms with van der Waals surface area (Å²) in [7, 11) is 0. The summed E-state index contributed by atoms with van der Waals surface area (Å²) >= 11 is 0. The zero-order valence-electron chi connectivity index (χ0n) is 12.7. The van der Waals surface area contributed by atoms with Gasteiger partial charge in [-0.05, 0) is 25.5 Å². The number of pyridine rings is 1. The van der Waals surface area contributed by atoms with Gasteiger partial charge in [0.2, 0.25) is 0 Å². The third kappa shape index (κ3) is 3.84. The molecule has 2 rings (SSSR count). The van der Waals surface area contributed by atoms with Crippen molar-refractivity contribution in [3.63, 3.8) is 0 Å². The normalized spacial score (nSPS) is 11.6. The van der Waals surface area contributed by atoms with Crippen molar-refractivity contribution in [2.45, 2.75) is 33.1 Å². The first-order valence-electron chi connectivity index (χ1n) is 7.40. The smallest absolute Gasteiger partial charge is 0.160 e. The van der Waals surface area contributed by atoms with E-state index < -0.39 is 0 Å². The van der Waals surface area contributed by atoms with Crippen LogP contribution in [0.15, 0.2) is 36.4 Å². The van der Waals surface area contributed by atoms with E-state index in [0.717, 1.165) is 35.7 Å². The number of hydrogen-bond acceptors (Lipinski definition) is 4. The second-order valence-corrected chi connectivity index (χ2v) is 5.05. The summed E-state index contributed by atoms with van der Waals surface area (Å²) in [5.74, 6) is 0. The molecule has 0 atom stereocenters. The van der Waals surface area contributed by atoms with Crippen molar-refractivity contribution in [2.75, 3.05) is 11.9 Å². The predicted molar refractivity (Wildman–Crippen MR) is 87.9 cm³/mol. The average Bonchev–Trinajstić information content (AvgIpc) is 2.88. The molecule has 0 radical (unpaired) electrons. The number of fused-ring (bicyclic) bond motifs is 1. The van der Waals surface area contributed by atoms with Gasteiger partial charge in [0.15, 0.2) is 5.65 Å². The van der Waals surface area contributed by atoms with E-state index in [0.29, 0.717) is 0 Å². The van der Waals surface area contributed by atoms with Gasteiger partial charge in [0, 0.05) is 37.0 Å². The number of anilines is 1. The lowest BCUT2D eigenvalue weighted by Gasteiger charge is -2.09. The molecule has 2 heterocycles. The van der Waals surface area contributed by atoms with Crippen LogP contribution < -0.4 is 10.6 Å². The highest BCUT2D eigenvalue weighted by Gasteiger charge is 2.05. The van der Waals surface area contributed by atoms with E-state index in [1.807, 2.05) is 42.1 Å². The van der Waals surface area contributed by atoms with Gasteiger partial charge in [0.1, 0.15) is 0 Å². The number of allylic oxidation sites excluding steroid dienone is 1. The van der Waals surface area contributed by atoms with E-state index >= 15 is 0 Å². The number of hydrogen-bond donors (Lipinski definition) is 3. The van der Waals surface area contributed by atoms with Crippen molar-refractivity contribution in [2.24, 2.45) is 0 Å². The quantitative estimate of drug-likeness (QED) is 0.515. The molecule has 2 aromatic rings. The summed E-state index contributed by atoms with van der Waals surface area (Å²) in [6.45, 7) is 5.14. The van der Waals surface area contributed by atoms with E-state index in [4.69, 9.17) is 5.41 Å². The van der Waals surface area contributed by atoms with Crippen LogP contribution in [0, 0.1) is 12.3 Å². The second-order valence-electron chi connectivity index (χ2n) is 5.05. The minimum atomic E-state index is 0.722. The number of aryl methyl sites for hydroxylation is 1. The Hall–Kier alpha value is -2.30. The number of nitrogens with one attached hydrogen (secondary N) is 3. The summed E-state index contributed by atoms with van der Waals surface area (Å²) in [6.07, 6.45) is 10.6. The van der Waals surface area contributed by atoms with Crippen LogP contribution >= 0.6 is 0 Å². The molecular formula is C16H23N5. The van der Waals surface area contributed by atoms with Gasteiger partial charge in [0.05, 0.1) is 11.4 Å². The van der Waals surface area contributed by atoms with Crippen molar-refractivity contribution in [1.29, 1.82) is 5.41 Å². The third-order valence-corrected chi connectivity index (χ3v) is 3.34. The molecule has 0 unspecified atom stereocenters. The Kier molecular flexibility index (Phi) is 5.37. The van der Waals surface area contributed by atoms with Crippen LogP contribution in [-0.2, 0) is 0 Å². The van der Waals surface area contributed by atoms with E-state index in [1.54, 1.807) is 0 Å². The summed E-state index contributed by atoms with van der Waals surface area (Å²) < 4.78 is 2.03. The number of imidazole rings is 1. The zero-order chi connectivity index (χ0) is 15.1. The number of aromatic nitrogens is 2. The molecule has 0 saturated carbocycles. The van der Waals surface area contributed by atoms with Gasteiger partial charge in [-0.3, -0.25) is 0 Å². The van der Waals surface area contributed by atoms with Gasteiger partial charge < -0.3 is 20.4 Å². The molecule has 3 N–H and O–H groups in total. The summed E-state index contributed by atoms with van der Waals surface area (Å²) in [4.78, 5) is 4.40. The topological polar surface area (TPSA) is 65.2 Å². The molecule has 0 aliphatic rings. The summed E-state index contributed by atoms with van der Waals surface area (Å²) in [5, 5.41) is 14.0. The summed E-state index contributed by atoms with van der Waals surface area (Å²) in [5.41, 5.74) is 3.58. The lowest BCUT2D eigenvalue weighted by molar-refractivity contribution is 0.682. The molecule has 5 nitrogen and oxygen atoms in total. The highest BCUT2D eigenvalue weighted by Crippen LogP contribution is 2.17. The third-order valence-electron chi connectivity index (χ3n) is 3.34. The molecule has 0 saturated heterocycles. The lowest BCUT2D eigenvalue weighted by Crippen LogP contribution is -2.12. The van der Waals surface area contributed by atoms with Gasteiger partial charge in [-0.15, -0.1) is 0 Å². The van der Waals surface area contributed by atoms with Crippen LogP contribution in [0.4, 0.5) is 5.69 Å². The first kappa shape index (κ1) is 15.1. The Morgan fingerprint density at radius 1 is 1.43 bits per heavy atom. The molecule has 0 aromatic carbocycles. The van der Waals surface area contributed by atoms with Crippen LogP contribution in [0.3, 0.4) is 0 Å². The molecule has 0 bridgehead atoms. The Bertz CT molecular complexity index is 627. The summed E-state index contributed by atoms with van der Waals surface area (Å²) in [6, 6.07) is 3.94. The van der Waals surface area contributed by atoms with Crippen molar-refractivity contribution in [1.82, 2.24) is 14.7 Å². The molecule has 0 aliphatic heterocycles. The molecule has 0 fully saturated rings. The van der Waals surface area contributed by atoms with E-state index in [1.165, 1.54) is 19.1 Å². The Morgan fingerprint density at radius 3 is 3.05 bits per heavy atom. The van der Waals surface area contributed by atoms with Crippen LogP contribution in [-0.4, -0.2) is 22.1 Å². The van der Waals surface area contributed by atoms with Gasteiger partial charge in [0.25, 0.3) is 0 Å². The van der Waals surface area contributed by atoms with Crippen LogP contribution in [0.5, 0.6) is 0 Å². The molecule has 0 spiro atoms. The second kappa shape index (κ2) is 7.47. The number of rotatable bonds is 8. The van der Waals surface area contributed by atoms with Crippen molar-refractivity contribution >= 4 is 17.5 Å². The minimum absolute atomic E-state index is 0.722. The molecule has 0 aliphatic carbocycles. The highest BCUT2D eigenvalue weighted by molar-refractivity contribution is 5.83. The minimum Gasteiger partial charge on any atom is -0.389 e. The fraction of sp³-hybridized carbons (Fsp3) is 0.375. The average molecular weight is 285 g/mol. The zero-order valence-corrected chi connectivity index (χ0v) is 12.7. The van der Waals surface area contributed by atoms with Gasteiger partial charge >= 0.3 is 0 Å². The maximum Gasteiger partial charge on any atom is 0.160 e. The van der Waals surface area contributed by atoms with Crippen LogP contribution in [0.25, 0.3) is 5.65 Å². The molecular weight excluding hydrogens is 262 g/mol. The van der Waals surface area contributed by atoms with E-state index in [-0.39, 0.29) is 0 Å². The molecule has 0 amide bonds. The Balaban J connectivity index is 2.06. The standard InChI is InChI=1S/C16H23N5/c1-3-4-5-8-18-12-14(10-17)20-15-7-6-9-21-13(2)11-19-16(15)21/h6-7,9-12,17-18,20H,3-5,8H2,1-2H3/b14-12+,17-10?. The fourth-order valence-corrected chi connectivity index (χ4v) is 2.16.